The van der Waals surface area contributed by atoms with Crippen LogP contribution in [0.4, 0.5) is 5.69 Å². The van der Waals surface area contributed by atoms with E-state index in [1.807, 2.05) is 0 Å². The molecule has 0 saturated carbocycles. The molecule has 1 aliphatic heterocycles. The molecule has 0 spiro atoms. The number of para-hydroxylation sites is 1. The molecule has 0 radical (unpaired) electrons. The first-order chi connectivity index (χ1) is 16.3. The van der Waals surface area contributed by atoms with Crippen molar-refractivity contribution in [3.63, 3.8) is 0 Å². The first-order valence-electron chi connectivity index (χ1n) is 10.3. The molecule has 3 aromatic rings. The maximum atomic E-state index is 12.8. The zero-order valence-electron chi connectivity index (χ0n) is 18.0. The second-order valence-electron chi connectivity index (χ2n) is 7.75. The van der Waals surface area contributed by atoms with Crippen molar-refractivity contribution in [3.05, 3.63) is 99.0 Å². The van der Waals surface area contributed by atoms with Crippen molar-refractivity contribution < 1.29 is 19.2 Å². The summed E-state index contributed by atoms with van der Waals surface area (Å²) in [7, 11) is 1.50. The van der Waals surface area contributed by atoms with Gasteiger partial charge in [0.25, 0.3) is 17.7 Å². The molecular formula is C25H19Cl2N3O4. The highest BCUT2D eigenvalue weighted by molar-refractivity contribution is 6.39. The zero-order valence-corrected chi connectivity index (χ0v) is 19.6. The fourth-order valence-corrected chi connectivity index (χ4v) is 4.11. The van der Waals surface area contributed by atoms with Crippen LogP contribution in [0.5, 0.6) is 0 Å². The van der Waals surface area contributed by atoms with Crippen LogP contribution < -0.4 is 5.32 Å². The minimum absolute atomic E-state index is 0.0949. The van der Waals surface area contributed by atoms with E-state index >= 15 is 0 Å². The fourth-order valence-electron chi connectivity index (χ4n) is 3.62. The quantitative estimate of drug-likeness (QED) is 0.510. The number of fused-ring (bicyclic) bond motifs is 1. The number of amides is 4. The van der Waals surface area contributed by atoms with Gasteiger partial charge in [-0.3, -0.25) is 24.1 Å². The van der Waals surface area contributed by atoms with Crippen molar-refractivity contribution >= 4 is 52.5 Å². The maximum absolute atomic E-state index is 12.8. The van der Waals surface area contributed by atoms with Crippen molar-refractivity contribution in [1.82, 2.24) is 9.80 Å². The summed E-state index contributed by atoms with van der Waals surface area (Å²) in [5.74, 6) is -1.50. The molecule has 0 bridgehead atoms. The summed E-state index contributed by atoms with van der Waals surface area (Å²) in [6.45, 7) is -0.116. The standard InChI is InChI=1S/C25H19Cl2N3O4/c1-29(14-21(31)28-22-19(26)7-4-8-20(22)27)23(32)16-11-9-15(10-12-16)13-30-24(33)17-5-2-3-6-18(17)25(30)34/h2-12H,13-14H2,1H3,(H,28,31). The third-order valence-corrected chi connectivity index (χ3v) is 6.00. The van der Waals surface area contributed by atoms with Crippen LogP contribution in [0.2, 0.25) is 10.0 Å². The number of hydrogen-bond acceptors (Lipinski definition) is 4. The van der Waals surface area contributed by atoms with E-state index in [1.54, 1.807) is 66.7 Å². The normalized spacial score (nSPS) is 12.5. The third kappa shape index (κ3) is 4.66. The molecule has 4 rings (SSSR count). The lowest BCUT2D eigenvalue weighted by atomic mass is 10.1. The molecule has 1 N–H and O–H groups in total. The Kier molecular flexibility index (Phi) is 6.68. The Morgan fingerprint density at radius 2 is 1.41 bits per heavy atom. The molecule has 0 aliphatic carbocycles. The highest BCUT2D eigenvalue weighted by atomic mass is 35.5. The average Bonchev–Trinajstić information content (AvgIpc) is 3.06. The number of imide groups is 1. The van der Waals surface area contributed by atoms with Gasteiger partial charge in [0.05, 0.1) is 39.9 Å². The van der Waals surface area contributed by atoms with Gasteiger partial charge in [0, 0.05) is 12.6 Å². The Labute approximate surface area is 205 Å². The van der Waals surface area contributed by atoms with Gasteiger partial charge in [0.2, 0.25) is 5.91 Å². The Morgan fingerprint density at radius 1 is 0.853 bits per heavy atom. The van der Waals surface area contributed by atoms with Gasteiger partial charge in [0.15, 0.2) is 0 Å². The second kappa shape index (κ2) is 9.67. The van der Waals surface area contributed by atoms with Gasteiger partial charge in [-0.2, -0.15) is 0 Å². The lowest BCUT2D eigenvalue weighted by Crippen LogP contribution is -2.35. The Morgan fingerprint density at radius 3 is 1.97 bits per heavy atom. The number of nitrogens with one attached hydrogen (secondary N) is 1. The van der Waals surface area contributed by atoms with E-state index < -0.39 is 5.91 Å². The van der Waals surface area contributed by atoms with Crippen LogP contribution in [0.1, 0.15) is 36.6 Å². The lowest BCUT2D eigenvalue weighted by molar-refractivity contribution is -0.116. The van der Waals surface area contributed by atoms with Crippen molar-refractivity contribution in [1.29, 1.82) is 0 Å². The first kappa shape index (κ1) is 23.5. The van der Waals surface area contributed by atoms with E-state index in [-0.39, 0.29) is 36.5 Å². The van der Waals surface area contributed by atoms with Crippen LogP contribution in [0, 0.1) is 0 Å². The number of hydrogen-bond donors (Lipinski definition) is 1. The third-order valence-electron chi connectivity index (χ3n) is 5.37. The second-order valence-corrected chi connectivity index (χ2v) is 8.56. The van der Waals surface area contributed by atoms with Gasteiger partial charge in [-0.05, 0) is 42.0 Å². The monoisotopic (exact) mass is 495 g/mol. The van der Waals surface area contributed by atoms with Crippen LogP contribution in [-0.2, 0) is 11.3 Å². The number of likely N-dealkylation sites (N-methyl/N-ethyl adjacent to an activating group) is 1. The fraction of sp³-hybridized carbons (Fsp3) is 0.120. The highest BCUT2D eigenvalue weighted by Crippen LogP contribution is 2.29. The molecule has 1 heterocycles. The molecule has 0 atom stereocenters. The summed E-state index contributed by atoms with van der Waals surface area (Å²) >= 11 is 12.1. The molecule has 7 nitrogen and oxygen atoms in total. The highest BCUT2D eigenvalue weighted by Gasteiger charge is 2.34. The number of nitrogens with zero attached hydrogens (tertiary/aromatic N) is 2. The van der Waals surface area contributed by atoms with Gasteiger partial charge in [-0.1, -0.05) is 53.5 Å². The minimum atomic E-state index is -0.451. The molecule has 1 aliphatic rings. The summed E-state index contributed by atoms with van der Waals surface area (Å²) in [6, 6.07) is 18.1. The molecule has 3 aromatic carbocycles. The van der Waals surface area contributed by atoms with E-state index in [2.05, 4.69) is 5.32 Å². The predicted octanol–water partition coefficient (Wildman–Crippen LogP) is 4.50. The zero-order chi connectivity index (χ0) is 24.4. The molecule has 34 heavy (non-hydrogen) atoms. The maximum Gasteiger partial charge on any atom is 0.261 e. The molecule has 0 aromatic heterocycles. The van der Waals surface area contributed by atoms with Crippen molar-refractivity contribution in [2.75, 3.05) is 18.9 Å². The summed E-state index contributed by atoms with van der Waals surface area (Å²) in [5, 5.41) is 3.20. The van der Waals surface area contributed by atoms with E-state index in [9.17, 15) is 19.2 Å². The number of carbonyl (C=O) groups is 4. The molecular weight excluding hydrogens is 477 g/mol. The molecule has 4 amide bonds. The van der Waals surface area contributed by atoms with Crippen LogP contribution in [0.3, 0.4) is 0 Å². The topological polar surface area (TPSA) is 86.8 Å². The Bertz CT molecular complexity index is 1250. The van der Waals surface area contributed by atoms with Crippen LogP contribution in [0.15, 0.2) is 66.7 Å². The van der Waals surface area contributed by atoms with E-state index in [1.165, 1.54) is 16.8 Å². The average molecular weight is 496 g/mol. The largest absolute Gasteiger partial charge is 0.332 e. The summed E-state index contributed by atoms with van der Waals surface area (Å²) < 4.78 is 0. The van der Waals surface area contributed by atoms with E-state index in [0.717, 1.165) is 0 Å². The Hall–Kier alpha value is -3.68. The number of carbonyl (C=O) groups excluding carboxylic acids is 4. The molecule has 9 heteroatoms. The summed E-state index contributed by atoms with van der Waals surface area (Å²) in [6.07, 6.45) is 0. The predicted molar refractivity (Wildman–Crippen MR) is 129 cm³/mol. The van der Waals surface area contributed by atoms with Crippen LogP contribution in [0.25, 0.3) is 0 Å². The number of anilines is 1. The van der Waals surface area contributed by atoms with E-state index in [0.29, 0.717) is 32.3 Å². The lowest BCUT2D eigenvalue weighted by Gasteiger charge is -2.18. The molecule has 172 valence electrons. The number of benzene rings is 3. The minimum Gasteiger partial charge on any atom is -0.332 e. The molecule has 0 unspecified atom stereocenters. The SMILES string of the molecule is CN(CC(=O)Nc1c(Cl)cccc1Cl)C(=O)c1ccc(CN2C(=O)c3ccccc3C2=O)cc1. The summed E-state index contributed by atoms with van der Waals surface area (Å²) in [5.41, 5.74) is 2.11. The van der Waals surface area contributed by atoms with Gasteiger partial charge >= 0.3 is 0 Å². The number of rotatable bonds is 6. The first-order valence-corrected chi connectivity index (χ1v) is 11.1. The van der Waals surface area contributed by atoms with Gasteiger partial charge in [-0.25, -0.2) is 0 Å². The van der Waals surface area contributed by atoms with Crippen LogP contribution >= 0.6 is 23.2 Å². The van der Waals surface area contributed by atoms with Gasteiger partial charge < -0.3 is 10.2 Å². The van der Waals surface area contributed by atoms with Crippen molar-refractivity contribution in [3.8, 4) is 0 Å². The smallest absolute Gasteiger partial charge is 0.261 e. The van der Waals surface area contributed by atoms with Gasteiger partial charge in [0.1, 0.15) is 0 Å². The number of halogens is 2. The van der Waals surface area contributed by atoms with Crippen LogP contribution in [-0.4, -0.2) is 47.0 Å². The van der Waals surface area contributed by atoms with Gasteiger partial charge in [-0.15, -0.1) is 0 Å². The summed E-state index contributed by atoms with van der Waals surface area (Å²) in [4.78, 5) is 52.6. The van der Waals surface area contributed by atoms with E-state index in [4.69, 9.17) is 23.2 Å². The van der Waals surface area contributed by atoms with Crippen molar-refractivity contribution in [2.24, 2.45) is 0 Å². The Balaban J connectivity index is 1.38. The molecule has 0 saturated heterocycles. The molecule has 0 fully saturated rings. The van der Waals surface area contributed by atoms with Crippen molar-refractivity contribution in [2.45, 2.75) is 6.54 Å².